The first-order valence-corrected chi connectivity index (χ1v) is 3.83. The number of hydrogen-bond donors (Lipinski definition) is 0. The Hall–Kier alpha value is -1.49. The fraction of sp³-hybridized carbons (Fsp3) is 0.300. The summed E-state index contributed by atoms with van der Waals surface area (Å²) in [6, 6.07) is 8.04. The third kappa shape index (κ3) is 2.00. The Morgan fingerprint density at radius 2 is 1.83 bits per heavy atom. The predicted molar refractivity (Wildman–Crippen MR) is 51.1 cm³/mol. The first-order chi connectivity index (χ1) is 5.74. The Morgan fingerprint density at radius 3 is 2.25 bits per heavy atom. The van der Waals surface area contributed by atoms with Gasteiger partial charge in [-0.15, -0.1) is 0 Å². The Bertz CT molecular complexity index is 280. The lowest BCUT2D eigenvalue weighted by Gasteiger charge is -2.11. The van der Waals surface area contributed by atoms with Gasteiger partial charge in [0.2, 0.25) is 6.54 Å². The smallest absolute Gasteiger partial charge is 0.239 e. The molecule has 0 spiro atoms. The first-order valence-electron chi connectivity index (χ1n) is 3.83. The van der Waals surface area contributed by atoms with E-state index in [0.717, 1.165) is 5.56 Å². The van der Waals surface area contributed by atoms with Crippen molar-refractivity contribution in [3.8, 4) is 0 Å². The fourth-order valence-corrected chi connectivity index (χ4v) is 0.991. The Balaban J connectivity index is 2.80. The van der Waals surface area contributed by atoms with Crippen molar-refractivity contribution >= 4 is 5.69 Å². The van der Waals surface area contributed by atoms with Crippen molar-refractivity contribution in [2.75, 3.05) is 19.0 Å². The summed E-state index contributed by atoms with van der Waals surface area (Å²) < 4.78 is 0. The molecule has 0 aliphatic heterocycles. The highest BCUT2D eigenvalue weighted by atomic mass is 15.1. The molecule has 0 unspecified atom stereocenters. The van der Waals surface area contributed by atoms with Gasteiger partial charge in [0, 0.05) is 25.3 Å². The summed E-state index contributed by atoms with van der Waals surface area (Å²) in [6.07, 6.45) is 0. The van der Waals surface area contributed by atoms with Crippen LogP contribution in [-0.4, -0.2) is 14.1 Å². The van der Waals surface area contributed by atoms with Crippen molar-refractivity contribution in [1.82, 2.24) is 0 Å². The zero-order valence-corrected chi connectivity index (χ0v) is 7.41. The molecule has 0 saturated heterocycles. The van der Waals surface area contributed by atoms with Crippen LogP contribution in [0.1, 0.15) is 5.56 Å². The molecule has 0 bridgehead atoms. The van der Waals surface area contributed by atoms with Gasteiger partial charge >= 0.3 is 0 Å². The van der Waals surface area contributed by atoms with Gasteiger partial charge in [-0.1, -0.05) is 0 Å². The first kappa shape index (κ1) is 8.61. The van der Waals surface area contributed by atoms with Crippen LogP contribution in [-0.2, 0) is 6.54 Å². The quantitative estimate of drug-likeness (QED) is 0.602. The molecule has 0 aromatic heterocycles. The summed E-state index contributed by atoms with van der Waals surface area (Å²) in [4.78, 5) is 5.36. The predicted octanol–water partition coefficient (Wildman–Crippen LogP) is 2.17. The average Bonchev–Trinajstić information content (AvgIpc) is 2.06. The lowest BCUT2D eigenvalue weighted by molar-refractivity contribution is 1.12. The molecule has 0 amide bonds. The maximum Gasteiger partial charge on any atom is 0.239 e. The van der Waals surface area contributed by atoms with Crippen LogP contribution in [0.25, 0.3) is 4.85 Å². The SMILES string of the molecule is [C-]#[N+]Cc1ccc(N(C)C)cc1. The van der Waals surface area contributed by atoms with Crippen LogP contribution < -0.4 is 4.90 Å². The van der Waals surface area contributed by atoms with E-state index < -0.39 is 0 Å². The van der Waals surface area contributed by atoms with E-state index in [1.165, 1.54) is 5.69 Å². The van der Waals surface area contributed by atoms with E-state index >= 15 is 0 Å². The van der Waals surface area contributed by atoms with Gasteiger partial charge < -0.3 is 9.74 Å². The largest absolute Gasteiger partial charge is 0.378 e. The summed E-state index contributed by atoms with van der Waals surface area (Å²) >= 11 is 0. The van der Waals surface area contributed by atoms with Gasteiger partial charge in [0.1, 0.15) is 0 Å². The van der Waals surface area contributed by atoms with Crippen LogP contribution in [0.4, 0.5) is 5.69 Å². The fourth-order valence-electron chi connectivity index (χ4n) is 0.991. The highest BCUT2D eigenvalue weighted by molar-refractivity contribution is 5.46. The molecule has 0 atom stereocenters. The topological polar surface area (TPSA) is 7.60 Å². The second kappa shape index (κ2) is 3.77. The minimum absolute atomic E-state index is 0.480. The minimum Gasteiger partial charge on any atom is -0.378 e. The normalized spacial score (nSPS) is 9.08. The number of hydrogen-bond acceptors (Lipinski definition) is 1. The molecular formula is C10H12N2. The zero-order chi connectivity index (χ0) is 8.97. The van der Waals surface area contributed by atoms with Crippen molar-refractivity contribution < 1.29 is 0 Å². The molecule has 0 aliphatic rings. The van der Waals surface area contributed by atoms with E-state index in [4.69, 9.17) is 6.57 Å². The second-order valence-corrected chi connectivity index (χ2v) is 2.88. The molecule has 2 heteroatoms. The maximum atomic E-state index is 6.69. The van der Waals surface area contributed by atoms with E-state index in [2.05, 4.69) is 4.85 Å². The van der Waals surface area contributed by atoms with Gasteiger partial charge in [-0.25, -0.2) is 6.57 Å². The van der Waals surface area contributed by atoms with Gasteiger partial charge in [-0.3, -0.25) is 0 Å². The highest BCUT2D eigenvalue weighted by Gasteiger charge is 1.96. The molecule has 0 radical (unpaired) electrons. The van der Waals surface area contributed by atoms with Crippen molar-refractivity contribution in [3.63, 3.8) is 0 Å². The van der Waals surface area contributed by atoms with Gasteiger partial charge in [0.25, 0.3) is 0 Å². The van der Waals surface area contributed by atoms with Crippen molar-refractivity contribution in [2.24, 2.45) is 0 Å². The number of benzene rings is 1. The lowest BCUT2D eigenvalue weighted by atomic mass is 10.2. The van der Waals surface area contributed by atoms with Crippen LogP contribution in [0, 0.1) is 6.57 Å². The average molecular weight is 160 g/mol. The van der Waals surface area contributed by atoms with Crippen LogP contribution in [0.15, 0.2) is 24.3 Å². The zero-order valence-electron chi connectivity index (χ0n) is 7.41. The molecule has 1 rings (SSSR count). The van der Waals surface area contributed by atoms with E-state index in [1.54, 1.807) is 0 Å². The molecule has 0 heterocycles. The number of rotatable bonds is 2. The molecular weight excluding hydrogens is 148 g/mol. The van der Waals surface area contributed by atoms with Crippen molar-refractivity contribution in [2.45, 2.75) is 6.54 Å². The minimum atomic E-state index is 0.480. The van der Waals surface area contributed by atoms with Crippen LogP contribution >= 0.6 is 0 Å². The third-order valence-corrected chi connectivity index (χ3v) is 1.71. The summed E-state index contributed by atoms with van der Waals surface area (Å²) in [5, 5.41) is 0. The summed E-state index contributed by atoms with van der Waals surface area (Å²) in [5.41, 5.74) is 2.25. The summed E-state index contributed by atoms with van der Waals surface area (Å²) in [7, 11) is 4.01. The monoisotopic (exact) mass is 160 g/mol. The Labute approximate surface area is 73.3 Å². The molecule has 2 nitrogen and oxygen atoms in total. The van der Waals surface area contributed by atoms with Crippen molar-refractivity contribution in [1.29, 1.82) is 0 Å². The van der Waals surface area contributed by atoms with Gasteiger partial charge in [-0.2, -0.15) is 0 Å². The van der Waals surface area contributed by atoms with Crippen LogP contribution in [0.2, 0.25) is 0 Å². The molecule has 0 fully saturated rings. The van der Waals surface area contributed by atoms with E-state index in [9.17, 15) is 0 Å². The molecule has 0 aliphatic carbocycles. The summed E-state index contributed by atoms with van der Waals surface area (Å²) in [6.45, 7) is 7.17. The Kier molecular flexibility index (Phi) is 2.71. The standard InChI is InChI=1S/C10H12N2/c1-11-8-9-4-6-10(7-5-9)12(2)3/h4-7H,8H2,2-3H3. The number of nitrogens with zero attached hydrogens (tertiary/aromatic N) is 2. The number of anilines is 1. The third-order valence-electron chi connectivity index (χ3n) is 1.71. The van der Waals surface area contributed by atoms with Crippen molar-refractivity contribution in [3.05, 3.63) is 41.2 Å². The molecule has 62 valence electrons. The molecule has 1 aromatic carbocycles. The summed E-state index contributed by atoms with van der Waals surface area (Å²) in [5.74, 6) is 0. The molecule has 1 aromatic rings. The van der Waals surface area contributed by atoms with Crippen LogP contribution in [0.3, 0.4) is 0 Å². The van der Waals surface area contributed by atoms with Crippen LogP contribution in [0.5, 0.6) is 0 Å². The molecule has 0 saturated carbocycles. The van der Waals surface area contributed by atoms with Gasteiger partial charge in [0.15, 0.2) is 0 Å². The van der Waals surface area contributed by atoms with E-state index in [-0.39, 0.29) is 0 Å². The molecule has 12 heavy (non-hydrogen) atoms. The van der Waals surface area contributed by atoms with Gasteiger partial charge in [-0.05, 0) is 24.3 Å². The lowest BCUT2D eigenvalue weighted by Crippen LogP contribution is -2.08. The maximum absolute atomic E-state index is 6.69. The second-order valence-electron chi connectivity index (χ2n) is 2.88. The highest BCUT2D eigenvalue weighted by Crippen LogP contribution is 2.12. The molecule has 0 N–H and O–H groups in total. The Morgan fingerprint density at radius 1 is 1.25 bits per heavy atom. The van der Waals surface area contributed by atoms with Gasteiger partial charge in [0.05, 0.1) is 0 Å². The van der Waals surface area contributed by atoms with E-state index in [1.807, 2.05) is 43.3 Å². The van der Waals surface area contributed by atoms with E-state index in [0.29, 0.717) is 6.54 Å².